The highest BCUT2D eigenvalue weighted by Crippen LogP contribution is 2.33. The molecule has 1 aromatic rings. The summed E-state index contributed by atoms with van der Waals surface area (Å²) in [6.07, 6.45) is 4.11. The van der Waals surface area contributed by atoms with Crippen molar-refractivity contribution in [3.63, 3.8) is 0 Å². The molecule has 1 amide bonds. The van der Waals surface area contributed by atoms with E-state index in [0.29, 0.717) is 0 Å². The highest BCUT2D eigenvalue weighted by molar-refractivity contribution is 6.00. The minimum Gasteiger partial charge on any atom is -0.372 e. The maximum atomic E-state index is 11.9. The van der Waals surface area contributed by atoms with E-state index in [1.807, 2.05) is 12.1 Å². The summed E-state index contributed by atoms with van der Waals surface area (Å²) in [5.74, 6) is 0.779. The van der Waals surface area contributed by atoms with E-state index in [9.17, 15) is 4.79 Å². The first-order chi connectivity index (χ1) is 9.57. The predicted octanol–water partition coefficient (Wildman–Crippen LogP) is 2.35. The number of benzene rings is 1. The smallest absolute Gasteiger partial charge is 0.244 e. The van der Waals surface area contributed by atoms with Gasteiger partial charge in [0.15, 0.2) is 0 Å². The Hall–Kier alpha value is -1.55. The molecule has 0 atom stereocenters. The van der Waals surface area contributed by atoms with Crippen LogP contribution in [0.2, 0.25) is 0 Å². The zero-order valence-corrected chi connectivity index (χ0v) is 12.1. The molecule has 3 N–H and O–H groups in total. The van der Waals surface area contributed by atoms with E-state index < -0.39 is 5.54 Å². The Morgan fingerprint density at radius 2 is 1.85 bits per heavy atom. The molecule has 4 heteroatoms. The van der Waals surface area contributed by atoms with Gasteiger partial charge in [0.1, 0.15) is 0 Å². The van der Waals surface area contributed by atoms with Crippen LogP contribution in [0.15, 0.2) is 24.3 Å². The second kappa shape index (κ2) is 5.09. The van der Waals surface area contributed by atoms with Crippen molar-refractivity contribution in [2.45, 2.75) is 38.1 Å². The summed E-state index contributed by atoms with van der Waals surface area (Å²) in [7, 11) is 0. The topological polar surface area (TPSA) is 58.4 Å². The van der Waals surface area contributed by atoms with Gasteiger partial charge in [-0.25, -0.2) is 0 Å². The number of rotatable bonds is 3. The zero-order valence-electron chi connectivity index (χ0n) is 12.1. The minimum atomic E-state index is -0.609. The molecule has 1 saturated carbocycles. The molecule has 0 bridgehead atoms. The molecular formula is C16H23N3O. The molecule has 2 fully saturated rings. The van der Waals surface area contributed by atoms with Crippen LogP contribution in [0.25, 0.3) is 0 Å². The Balaban J connectivity index is 1.61. The molecule has 0 aromatic heterocycles. The lowest BCUT2D eigenvalue weighted by molar-refractivity contribution is -0.118. The third-order valence-corrected chi connectivity index (χ3v) is 4.51. The van der Waals surface area contributed by atoms with Crippen LogP contribution in [0, 0.1) is 5.92 Å². The Bertz CT molecular complexity index is 485. The first-order valence-corrected chi connectivity index (χ1v) is 7.52. The van der Waals surface area contributed by atoms with Gasteiger partial charge >= 0.3 is 0 Å². The fraction of sp³-hybridized carbons (Fsp3) is 0.562. The van der Waals surface area contributed by atoms with Crippen molar-refractivity contribution in [2.24, 2.45) is 11.7 Å². The summed E-state index contributed by atoms with van der Waals surface area (Å²) in [4.78, 5) is 14.3. The number of amides is 1. The molecule has 108 valence electrons. The van der Waals surface area contributed by atoms with Crippen molar-refractivity contribution in [3.8, 4) is 0 Å². The number of nitrogens with two attached hydrogens (primary N) is 1. The van der Waals surface area contributed by atoms with Crippen LogP contribution >= 0.6 is 0 Å². The third kappa shape index (κ3) is 2.80. The van der Waals surface area contributed by atoms with E-state index in [2.05, 4.69) is 29.3 Å². The summed E-state index contributed by atoms with van der Waals surface area (Å²) < 4.78 is 0. The SMILES string of the molecule is CC1CCN(c2ccc(NC(=O)C3(N)CC3)cc2)CC1. The highest BCUT2D eigenvalue weighted by Gasteiger charge is 2.45. The van der Waals surface area contributed by atoms with Gasteiger partial charge in [-0.05, 0) is 55.9 Å². The first-order valence-electron chi connectivity index (χ1n) is 7.52. The number of carbonyl (C=O) groups excluding carboxylic acids is 1. The molecule has 0 spiro atoms. The van der Waals surface area contributed by atoms with E-state index in [1.54, 1.807) is 0 Å². The normalized spacial score (nSPS) is 21.6. The summed E-state index contributed by atoms with van der Waals surface area (Å²) >= 11 is 0. The average Bonchev–Trinajstić information content (AvgIpc) is 3.20. The molecule has 1 heterocycles. The molecule has 1 aromatic carbocycles. The van der Waals surface area contributed by atoms with E-state index >= 15 is 0 Å². The van der Waals surface area contributed by atoms with Gasteiger partial charge in [-0.2, -0.15) is 0 Å². The van der Waals surface area contributed by atoms with Gasteiger partial charge in [-0.3, -0.25) is 4.79 Å². The average molecular weight is 273 g/mol. The van der Waals surface area contributed by atoms with Crippen LogP contribution in [-0.4, -0.2) is 24.5 Å². The number of anilines is 2. The molecule has 20 heavy (non-hydrogen) atoms. The molecular weight excluding hydrogens is 250 g/mol. The van der Waals surface area contributed by atoms with Gasteiger partial charge in [-0.15, -0.1) is 0 Å². The molecule has 4 nitrogen and oxygen atoms in total. The molecule has 0 unspecified atom stereocenters. The summed E-state index contributed by atoms with van der Waals surface area (Å²) in [6, 6.07) is 8.11. The van der Waals surface area contributed by atoms with Gasteiger partial charge in [0.25, 0.3) is 0 Å². The Kier molecular flexibility index (Phi) is 3.42. The zero-order chi connectivity index (χ0) is 14.2. The summed E-state index contributed by atoms with van der Waals surface area (Å²) in [6.45, 7) is 4.56. The lowest BCUT2D eigenvalue weighted by Gasteiger charge is -2.32. The number of hydrogen-bond acceptors (Lipinski definition) is 3. The summed E-state index contributed by atoms with van der Waals surface area (Å²) in [5.41, 5.74) is 7.34. The number of piperidine rings is 1. The van der Waals surface area contributed by atoms with E-state index in [1.165, 1.54) is 18.5 Å². The molecule has 1 saturated heterocycles. The van der Waals surface area contributed by atoms with Crippen molar-refractivity contribution in [2.75, 3.05) is 23.3 Å². The minimum absolute atomic E-state index is 0.0583. The first kappa shape index (κ1) is 13.4. The van der Waals surface area contributed by atoms with E-state index in [4.69, 9.17) is 5.73 Å². The van der Waals surface area contributed by atoms with Gasteiger partial charge in [0.2, 0.25) is 5.91 Å². The Labute approximate surface area is 120 Å². The van der Waals surface area contributed by atoms with Crippen molar-refractivity contribution in [3.05, 3.63) is 24.3 Å². The predicted molar refractivity (Wildman–Crippen MR) is 81.8 cm³/mol. The second-order valence-electron chi connectivity index (χ2n) is 6.33. The molecule has 2 aliphatic rings. The lowest BCUT2D eigenvalue weighted by Crippen LogP contribution is -2.37. The molecule has 0 radical (unpaired) electrons. The van der Waals surface area contributed by atoms with Crippen LogP contribution in [-0.2, 0) is 4.79 Å². The second-order valence-corrected chi connectivity index (χ2v) is 6.33. The van der Waals surface area contributed by atoms with Gasteiger partial charge < -0.3 is 16.0 Å². The van der Waals surface area contributed by atoms with E-state index in [-0.39, 0.29) is 5.91 Å². The fourth-order valence-corrected chi connectivity index (χ4v) is 2.64. The van der Waals surface area contributed by atoms with Crippen LogP contribution < -0.4 is 16.0 Å². The van der Waals surface area contributed by atoms with Crippen molar-refractivity contribution >= 4 is 17.3 Å². The monoisotopic (exact) mass is 273 g/mol. The fourth-order valence-electron chi connectivity index (χ4n) is 2.64. The molecule has 3 rings (SSSR count). The van der Waals surface area contributed by atoms with Crippen LogP contribution in [0.5, 0.6) is 0 Å². The Morgan fingerprint density at radius 3 is 2.40 bits per heavy atom. The quantitative estimate of drug-likeness (QED) is 0.889. The van der Waals surface area contributed by atoms with Gasteiger partial charge in [0, 0.05) is 24.5 Å². The number of nitrogens with one attached hydrogen (secondary N) is 1. The number of hydrogen-bond donors (Lipinski definition) is 2. The maximum absolute atomic E-state index is 11.9. The van der Waals surface area contributed by atoms with Crippen molar-refractivity contribution < 1.29 is 4.79 Å². The Morgan fingerprint density at radius 1 is 1.25 bits per heavy atom. The lowest BCUT2D eigenvalue weighted by atomic mass is 9.99. The largest absolute Gasteiger partial charge is 0.372 e. The number of nitrogens with zero attached hydrogens (tertiary/aromatic N) is 1. The number of carbonyl (C=O) groups is 1. The standard InChI is InChI=1S/C16H23N3O/c1-12-6-10-19(11-7-12)14-4-2-13(3-5-14)18-15(20)16(17)8-9-16/h2-5,12H,6-11,17H2,1H3,(H,18,20). The van der Waals surface area contributed by atoms with Gasteiger partial charge in [-0.1, -0.05) is 6.92 Å². The van der Waals surface area contributed by atoms with Crippen LogP contribution in [0.4, 0.5) is 11.4 Å². The van der Waals surface area contributed by atoms with Gasteiger partial charge in [0.05, 0.1) is 5.54 Å². The molecule has 1 aliphatic carbocycles. The maximum Gasteiger partial charge on any atom is 0.244 e. The van der Waals surface area contributed by atoms with Crippen LogP contribution in [0.1, 0.15) is 32.6 Å². The highest BCUT2D eigenvalue weighted by atomic mass is 16.2. The summed E-state index contributed by atoms with van der Waals surface area (Å²) in [5, 5.41) is 2.90. The van der Waals surface area contributed by atoms with Crippen LogP contribution in [0.3, 0.4) is 0 Å². The molecule has 1 aliphatic heterocycles. The van der Waals surface area contributed by atoms with Crippen molar-refractivity contribution in [1.82, 2.24) is 0 Å². The van der Waals surface area contributed by atoms with Crippen molar-refractivity contribution in [1.29, 1.82) is 0 Å². The van der Waals surface area contributed by atoms with E-state index in [0.717, 1.165) is 37.5 Å². The third-order valence-electron chi connectivity index (χ3n) is 4.51.